The van der Waals surface area contributed by atoms with Gasteiger partial charge in [-0.15, -0.1) is 0 Å². The lowest BCUT2D eigenvalue weighted by Crippen LogP contribution is -2.29. The molecule has 2 heterocycles. The van der Waals surface area contributed by atoms with Gasteiger partial charge in [0.2, 0.25) is 5.91 Å². The van der Waals surface area contributed by atoms with E-state index >= 15 is 0 Å². The van der Waals surface area contributed by atoms with E-state index in [0.717, 1.165) is 5.69 Å². The molecular formula is C31H34N6O5. The van der Waals surface area contributed by atoms with Crippen LogP contribution in [-0.2, 0) is 15.0 Å². The van der Waals surface area contributed by atoms with Crippen LogP contribution < -0.4 is 20.7 Å². The van der Waals surface area contributed by atoms with Crippen LogP contribution in [0.5, 0.6) is 11.5 Å². The third-order valence-corrected chi connectivity index (χ3v) is 6.28. The van der Waals surface area contributed by atoms with Gasteiger partial charge in [0, 0.05) is 35.5 Å². The quantitative estimate of drug-likeness (QED) is 0.181. The van der Waals surface area contributed by atoms with Crippen LogP contribution >= 0.6 is 0 Å². The first-order chi connectivity index (χ1) is 19.8. The summed E-state index contributed by atoms with van der Waals surface area (Å²) in [4.78, 5) is 40.7. The number of amides is 3. The maximum atomic E-state index is 12.9. The van der Waals surface area contributed by atoms with Crippen molar-refractivity contribution < 1.29 is 24.2 Å². The van der Waals surface area contributed by atoms with E-state index in [1.54, 1.807) is 77.7 Å². The summed E-state index contributed by atoms with van der Waals surface area (Å²) in [6.45, 7) is 9.07. The zero-order valence-corrected chi connectivity index (χ0v) is 24.1. The van der Waals surface area contributed by atoms with Crippen LogP contribution in [0.15, 0.2) is 79.1 Å². The number of pyridine rings is 1. The first-order valence-corrected chi connectivity index (χ1v) is 13.3. The molecule has 0 saturated heterocycles. The molecule has 0 spiro atoms. The van der Waals surface area contributed by atoms with Crippen molar-refractivity contribution in [3.8, 4) is 17.2 Å². The van der Waals surface area contributed by atoms with Gasteiger partial charge >= 0.3 is 12.0 Å². The zero-order chi connectivity index (χ0) is 30.5. The minimum atomic E-state index is -1.18. The van der Waals surface area contributed by atoms with Crippen molar-refractivity contribution in [1.29, 1.82) is 0 Å². The number of benzene rings is 2. The molecule has 4 rings (SSSR count). The Morgan fingerprint density at radius 2 is 1.50 bits per heavy atom. The van der Waals surface area contributed by atoms with Crippen molar-refractivity contribution >= 4 is 35.1 Å². The summed E-state index contributed by atoms with van der Waals surface area (Å²) in [6, 6.07) is 18.8. The molecule has 11 nitrogen and oxygen atoms in total. The molecule has 4 N–H and O–H groups in total. The number of carboxylic acid groups (broad SMARTS) is 1. The highest BCUT2D eigenvalue weighted by Crippen LogP contribution is 2.28. The van der Waals surface area contributed by atoms with Gasteiger partial charge in [-0.25, -0.2) is 9.48 Å². The number of carboxylic acids is 1. The first kappa shape index (κ1) is 29.8. The van der Waals surface area contributed by atoms with Crippen molar-refractivity contribution in [2.75, 3.05) is 16.0 Å². The Kier molecular flexibility index (Phi) is 8.60. The summed E-state index contributed by atoms with van der Waals surface area (Å²) >= 11 is 0. The number of carbonyl (C=O) groups excluding carboxylic acids is 2. The van der Waals surface area contributed by atoms with Crippen LogP contribution in [-0.4, -0.2) is 37.8 Å². The number of nitrogens with zero attached hydrogens (tertiary/aromatic N) is 3. The second-order valence-electron chi connectivity index (χ2n) is 11.4. The van der Waals surface area contributed by atoms with Crippen LogP contribution in [0.3, 0.4) is 0 Å². The molecule has 0 aliphatic rings. The van der Waals surface area contributed by atoms with Gasteiger partial charge in [-0.05, 0) is 74.5 Å². The van der Waals surface area contributed by atoms with Crippen molar-refractivity contribution in [3.63, 3.8) is 0 Å². The van der Waals surface area contributed by atoms with Crippen LogP contribution in [0, 0.1) is 5.41 Å². The molecule has 4 aromatic rings. The molecular weight excluding hydrogens is 536 g/mol. The van der Waals surface area contributed by atoms with Crippen LogP contribution in [0.2, 0.25) is 0 Å². The molecule has 0 radical (unpaired) electrons. The fourth-order valence-electron chi connectivity index (χ4n) is 3.83. The third-order valence-electron chi connectivity index (χ3n) is 6.28. The Bertz CT molecular complexity index is 1560. The second-order valence-corrected chi connectivity index (χ2v) is 11.4. The maximum absolute atomic E-state index is 12.9. The summed E-state index contributed by atoms with van der Waals surface area (Å²) in [5.74, 6) is 0.217. The summed E-state index contributed by atoms with van der Waals surface area (Å²) < 4.78 is 7.36. The number of nitrogens with one attached hydrogen (secondary N) is 3. The summed E-state index contributed by atoms with van der Waals surface area (Å²) in [6.07, 6.45) is 3.11. The second kappa shape index (κ2) is 12.1. The largest absolute Gasteiger partial charge is 0.481 e. The van der Waals surface area contributed by atoms with Crippen LogP contribution in [0.25, 0.3) is 5.69 Å². The fourth-order valence-corrected chi connectivity index (χ4v) is 3.83. The molecule has 42 heavy (non-hydrogen) atoms. The molecule has 0 bridgehead atoms. The van der Waals surface area contributed by atoms with E-state index in [9.17, 15) is 19.5 Å². The molecule has 0 aliphatic carbocycles. The lowest BCUT2D eigenvalue weighted by Gasteiger charge is -2.18. The van der Waals surface area contributed by atoms with E-state index in [1.165, 1.54) is 13.8 Å². The predicted octanol–water partition coefficient (Wildman–Crippen LogP) is 6.44. The monoisotopic (exact) mass is 570 g/mol. The molecule has 0 atom stereocenters. The SMILES string of the molecule is CC(C)(CC(=O)Nc1ccc(-n2nc(C(C)(C)C)cc2NC(=O)Nc2ccc(Oc3cccnc3)cc2)cc1)C(=O)O. The van der Waals surface area contributed by atoms with Gasteiger partial charge in [-0.1, -0.05) is 20.8 Å². The number of aliphatic carboxylic acids is 1. The topological polar surface area (TPSA) is 147 Å². The van der Waals surface area contributed by atoms with Crippen LogP contribution in [0.1, 0.15) is 46.7 Å². The molecule has 2 aromatic carbocycles. The Hall–Kier alpha value is -5.19. The van der Waals surface area contributed by atoms with Gasteiger partial charge in [-0.2, -0.15) is 5.10 Å². The van der Waals surface area contributed by atoms with Crippen molar-refractivity contribution in [2.45, 2.75) is 46.5 Å². The van der Waals surface area contributed by atoms with E-state index in [0.29, 0.717) is 34.4 Å². The van der Waals surface area contributed by atoms with E-state index in [1.807, 2.05) is 26.8 Å². The molecule has 0 fully saturated rings. The molecule has 218 valence electrons. The molecule has 2 aromatic heterocycles. The molecule has 0 aliphatic heterocycles. The van der Waals surface area contributed by atoms with Gasteiger partial charge in [0.1, 0.15) is 17.3 Å². The van der Waals surface area contributed by atoms with E-state index in [4.69, 9.17) is 9.84 Å². The minimum Gasteiger partial charge on any atom is -0.481 e. The van der Waals surface area contributed by atoms with Gasteiger partial charge < -0.3 is 20.5 Å². The molecule has 3 amide bonds. The molecule has 0 saturated carbocycles. The number of hydrogen-bond acceptors (Lipinski definition) is 6. The van der Waals surface area contributed by atoms with E-state index in [2.05, 4.69) is 20.9 Å². The van der Waals surface area contributed by atoms with E-state index < -0.39 is 23.3 Å². The Morgan fingerprint density at radius 1 is 0.857 bits per heavy atom. The zero-order valence-electron chi connectivity index (χ0n) is 24.1. The summed E-state index contributed by atoms with van der Waals surface area (Å²) in [5.41, 5.74) is 1.03. The fraction of sp³-hybridized carbons (Fsp3) is 0.258. The smallest absolute Gasteiger partial charge is 0.324 e. The van der Waals surface area contributed by atoms with Gasteiger partial charge in [0.25, 0.3) is 0 Å². The predicted molar refractivity (Wildman–Crippen MR) is 160 cm³/mol. The van der Waals surface area contributed by atoms with Gasteiger partial charge in [0.15, 0.2) is 0 Å². The number of urea groups is 1. The number of aromatic nitrogens is 3. The van der Waals surface area contributed by atoms with Gasteiger partial charge in [-0.3, -0.25) is 19.9 Å². The van der Waals surface area contributed by atoms with Crippen molar-refractivity contribution in [3.05, 3.63) is 84.8 Å². The van der Waals surface area contributed by atoms with Gasteiger partial charge in [0.05, 0.1) is 23.0 Å². The summed E-state index contributed by atoms with van der Waals surface area (Å²) in [5, 5.41) is 22.4. The Morgan fingerprint density at radius 3 is 2.10 bits per heavy atom. The standard InChI is InChI=1S/C31H34N6O5/c1-30(2,3)25-17-26(35-29(41)34-21-10-14-23(15-11-21)42-24-7-6-16-32-19-24)37(36-25)22-12-8-20(9-13-22)33-27(38)18-31(4,5)28(39)40/h6-17,19H,18H2,1-5H3,(H,33,38)(H,39,40)(H2,34,35,41). The number of hydrogen-bond donors (Lipinski definition) is 4. The Labute approximate surface area is 243 Å². The van der Waals surface area contributed by atoms with E-state index in [-0.39, 0.29) is 11.8 Å². The first-order valence-electron chi connectivity index (χ1n) is 13.3. The summed E-state index contributed by atoms with van der Waals surface area (Å²) in [7, 11) is 0. The molecule has 0 unspecified atom stereocenters. The Balaban J connectivity index is 1.46. The highest BCUT2D eigenvalue weighted by atomic mass is 16.5. The highest BCUT2D eigenvalue weighted by Gasteiger charge is 2.30. The van der Waals surface area contributed by atoms with Crippen molar-refractivity contribution in [1.82, 2.24) is 14.8 Å². The average Bonchev–Trinajstić information content (AvgIpc) is 3.34. The van der Waals surface area contributed by atoms with Crippen molar-refractivity contribution in [2.24, 2.45) is 5.41 Å². The molecule has 11 heteroatoms. The number of carbonyl (C=O) groups is 3. The lowest BCUT2D eigenvalue weighted by atomic mass is 9.89. The number of ether oxygens (including phenoxy) is 1. The van der Waals surface area contributed by atoms with Crippen LogP contribution in [0.4, 0.5) is 22.0 Å². The maximum Gasteiger partial charge on any atom is 0.324 e. The highest BCUT2D eigenvalue weighted by molar-refractivity contribution is 5.99. The average molecular weight is 571 g/mol. The number of rotatable bonds is 9. The lowest BCUT2D eigenvalue weighted by molar-refractivity contribution is -0.148. The number of anilines is 3. The normalized spacial score (nSPS) is 11.5. The third kappa shape index (κ3) is 7.72. The minimum absolute atomic E-state index is 0.165.